The Morgan fingerprint density at radius 3 is 2.45 bits per heavy atom. The number of hydrogen-bond donors (Lipinski definition) is 0. The van der Waals surface area contributed by atoms with E-state index in [0.717, 1.165) is 16.9 Å². The van der Waals surface area contributed by atoms with Gasteiger partial charge in [-0.1, -0.05) is 23.3 Å². The van der Waals surface area contributed by atoms with E-state index in [1.807, 2.05) is 26.8 Å². The van der Waals surface area contributed by atoms with E-state index in [1.165, 1.54) is 0 Å². The van der Waals surface area contributed by atoms with Crippen molar-refractivity contribution in [1.29, 1.82) is 0 Å². The lowest BCUT2D eigenvalue weighted by molar-refractivity contribution is 0.599. The molecule has 0 heterocycles. The van der Waals surface area contributed by atoms with Crippen molar-refractivity contribution in [2.24, 2.45) is 0 Å². The molecule has 11 heavy (non-hydrogen) atoms. The van der Waals surface area contributed by atoms with Crippen molar-refractivity contribution in [3.8, 4) is 0 Å². The Balaban J connectivity index is 3.82. The van der Waals surface area contributed by atoms with E-state index in [4.69, 9.17) is 0 Å². The molecule has 0 saturated heterocycles. The normalized spacial score (nSPS) is 14.7. The monoisotopic (exact) mass is 172 g/mol. The van der Waals surface area contributed by atoms with E-state index >= 15 is 0 Å². The standard InChI is InChI=1S/C9H16OS/c1-5-11(10)7-6-9(4)8(2)3/h6H,2,5,7H2,1,3-4H3/b9-6-. The van der Waals surface area contributed by atoms with Gasteiger partial charge in [-0.2, -0.15) is 0 Å². The zero-order chi connectivity index (χ0) is 8.85. The Labute approximate surface area is 72.4 Å². The zero-order valence-corrected chi connectivity index (χ0v) is 8.33. The number of rotatable bonds is 4. The third-order valence-electron chi connectivity index (χ3n) is 1.57. The predicted molar refractivity (Wildman–Crippen MR) is 52.1 cm³/mol. The molecule has 0 spiro atoms. The van der Waals surface area contributed by atoms with Crippen LogP contribution >= 0.6 is 0 Å². The van der Waals surface area contributed by atoms with Crippen LogP contribution in [0.4, 0.5) is 0 Å². The van der Waals surface area contributed by atoms with Gasteiger partial charge < -0.3 is 4.55 Å². The Morgan fingerprint density at radius 2 is 2.09 bits per heavy atom. The van der Waals surface area contributed by atoms with Crippen LogP contribution in [0.5, 0.6) is 0 Å². The molecule has 0 amide bonds. The quantitative estimate of drug-likeness (QED) is 0.471. The average molecular weight is 172 g/mol. The van der Waals surface area contributed by atoms with E-state index in [1.54, 1.807) is 0 Å². The summed E-state index contributed by atoms with van der Waals surface area (Å²) in [6, 6.07) is 0. The highest BCUT2D eigenvalue weighted by Crippen LogP contribution is 2.05. The van der Waals surface area contributed by atoms with Gasteiger partial charge in [-0.15, -0.1) is 0 Å². The molecular weight excluding hydrogens is 156 g/mol. The first-order valence-corrected chi connectivity index (χ1v) is 5.24. The van der Waals surface area contributed by atoms with Gasteiger partial charge in [-0.3, -0.25) is 0 Å². The van der Waals surface area contributed by atoms with Crippen LogP contribution in [-0.2, 0) is 11.2 Å². The molecule has 0 aliphatic rings. The van der Waals surface area contributed by atoms with Crippen LogP contribution in [0.25, 0.3) is 0 Å². The topological polar surface area (TPSA) is 23.1 Å². The predicted octanol–water partition coefficient (Wildman–Crippen LogP) is 2.28. The highest BCUT2D eigenvalue weighted by atomic mass is 32.2. The van der Waals surface area contributed by atoms with Gasteiger partial charge in [-0.05, 0) is 32.4 Å². The van der Waals surface area contributed by atoms with Crippen LogP contribution in [0.15, 0.2) is 23.8 Å². The molecule has 0 aromatic heterocycles. The Morgan fingerprint density at radius 1 is 1.55 bits per heavy atom. The van der Waals surface area contributed by atoms with Crippen LogP contribution in [-0.4, -0.2) is 16.1 Å². The number of hydrogen-bond acceptors (Lipinski definition) is 1. The van der Waals surface area contributed by atoms with Crippen LogP contribution < -0.4 is 0 Å². The van der Waals surface area contributed by atoms with Crippen LogP contribution in [0.1, 0.15) is 20.8 Å². The molecule has 0 saturated carbocycles. The van der Waals surface area contributed by atoms with E-state index in [-0.39, 0.29) is 0 Å². The molecule has 1 unspecified atom stereocenters. The summed E-state index contributed by atoms with van der Waals surface area (Å²) >= 11 is -0.682. The minimum absolute atomic E-state index is 0.662. The van der Waals surface area contributed by atoms with Gasteiger partial charge in [0.15, 0.2) is 0 Å². The molecule has 0 aromatic carbocycles. The first kappa shape index (κ1) is 10.8. The van der Waals surface area contributed by atoms with Gasteiger partial charge in [0.25, 0.3) is 0 Å². The third-order valence-corrected chi connectivity index (χ3v) is 2.75. The zero-order valence-electron chi connectivity index (χ0n) is 7.52. The largest absolute Gasteiger partial charge is 0.616 e. The summed E-state index contributed by atoms with van der Waals surface area (Å²) in [6.45, 7) is 9.68. The van der Waals surface area contributed by atoms with Gasteiger partial charge in [0.2, 0.25) is 0 Å². The van der Waals surface area contributed by atoms with Crippen molar-refractivity contribution in [3.63, 3.8) is 0 Å². The van der Waals surface area contributed by atoms with Crippen molar-refractivity contribution < 1.29 is 4.55 Å². The molecule has 1 atom stereocenters. The lowest BCUT2D eigenvalue weighted by atomic mass is 10.1. The maximum atomic E-state index is 11.0. The molecule has 0 fully saturated rings. The van der Waals surface area contributed by atoms with E-state index in [2.05, 4.69) is 6.58 Å². The SMILES string of the molecule is C=C(C)/C(C)=C\C[S+]([O-])CC. The maximum Gasteiger partial charge on any atom is 0.124 e. The van der Waals surface area contributed by atoms with Crippen molar-refractivity contribution in [2.75, 3.05) is 11.5 Å². The van der Waals surface area contributed by atoms with Gasteiger partial charge in [0.05, 0.1) is 0 Å². The summed E-state index contributed by atoms with van der Waals surface area (Å²) in [4.78, 5) is 0. The highest BCUT2D eigenvalue weighted by Gasteiger charge is 1.98. The lowest BCUT2D eigenvalue weighted by Gasteiger charge is -2.05. The molecule has 0 aliphatic heterocycles. The van der Waals surface area contributed by atoms with Crippen molar-refractivity contribution in [3.05, 3.63) is 23.8 Å². The summed E-state index contributed by atoms with van der Waals surface area (Å²) in [6.07, 6.45) is 1.99. The molecule has 0 N–H and O–H groups in total. The van der Waals surface area contributed by atoms with Crippen LogP contribution in [0, 0.1) is 0 Å². The summed E-state index contributed by atoms with van der Waals surface area (Å²) in [5.74, 6) is 1.40. The second-order valence-corrected chi connectivity index (χ2v) is 4.35. The van der Waals surface area contributed by atoms with E-state index in [0.29, 0.717) is 5.75 Å². The highest BCUT2D eigenvalue weighted by molar-refractivity contribution is 7.91. The molecule has 0 aromatic rings. The number of allylic oxidation sites excluding steroid dienone is 2. The molecule has 0 rings (SSSR count). The summed E-state index contributed by atoms with van der Waals surface area (Å²) < 4.78 is 11.0. The minimum Gasteiger partial charge on any atom is -0.616 e. The summed E-state index contributed by atoms with van der Waals surface area (Å²) in [5.41, 5.74) is 2.20. The van der Waals surface area contributed by atoms with Gasteiger partial charge in [-0.25, -0.2) is 0 Å². The van der Waals surface area contributed by atoms with Gasteiger partial charge >= 0.3 is 0 Å². The van der Waals surface area contributed by atoms with Crippen LogP contribution in [0.3, 0.4) is 0 Å². The van der Waals surface area contributed by atoms with Crippen molar-refractivity contribution in [1.82, 2.24) is 0 Å². The van der Waals surface area contributed by atoms with E-state index < -0.39 is 11.2 Å². The Kier molecular flexibility index (Phi) is 5.34. The Hall–Kier alpha value is -0.210. The maximum absolute atomic E-state index is 11.0. The fourth-order valence-corrected chi connectivity index (χ4v) is 1.18. The van der Waals surface area contributed by atoms with E-state index in [9.17, 15) is 4.55 Å². The average Bonchev–Trinajstić information content (AvgIpc) is 1.99. The van der Waals surface area contributed by atoms with Gasteiger partial charge in [0, 0.05) is 0 Å². The molecule has 0 bridgehead atoms. The van der Waals surface area contributed by atoms with Gasteiger partial charge in [0.1, 0.15) is 11.5 Å². The fraction of sp³-hybridized carbons (Fsp3) is 0.556. The van der Waals surface area contributed by atoms with Crippen molar-refractivity contribution in [2.45, 2.75) is 20.8 Å². The lowest BCUT2D eigenvalue weighted by Crippen LogP contribution is -2.06. The third kappa shape index (κ3) is 5.10. The first-order chi connectivity index (χ1) is 5.07. The molecule has 0 radical (unpaired) electrons. The summed E-state index contributed by atoms with van der Waals surface area (Å²) in [5, 5.41) is 0. The first-order valence-electron chi connectivity index (χ1n) is 3.75. The molecule has 2 heteroatoms. The van der Waals surface area contributed by atoms with Crippen molar-refractivity contribution >= 4 is 11.2 Å². The summed E-state index contributed by atoms with van der Waals surface area (Å²) in [7, 11) is 0. The molecule has 64 valence electrons. The minimum atomic E-state index is -0.682. The second-order valence-electron chi connectivity index (χ2n) is 2.56. The molecular formula is C9H16OS. The Bertz CT molecular complexity index is 161. The molecule has 0 aliphatic carbocycles. The molecule has 1 nitrogen and oxygen atoms in total. The van der Waals surface area contributed by atoms with Crippen LogP contribution in [0.2, 0.25) is 0 Å². The second kappa shape index (κ2) is 5.44. The smallest absolute Gasteiger partial charge is 0.124 e. The fourth-order valence-electron chi connectivity index (χ4n) is 0.510.